The molecule has 0 saturated heterocycles. The van der Waals surface area contributed by atoms with Crippen molar-refractivity contribution in [3.05, 3.63) is 35.4 Å². The van der Waals surface area contributed by atoms with Crippen LogP contribution < -0.4 is 10.5 Å². The van der Waals surface area contributed by atoms with Gasteiger partial charge in [0.1, 0.15) is 5.75 Å². The molecule has 0 fully saturated rings. The normalized spacial score (nSPS) is 12.9. The Morgan fingerprint density at radius 1 is 1.15 bits per heavy atom. The van der Waals surface area contributed by atoms with E-state index in [2.05, 4.69) is 52.8 Å². The predicted molar refractivity (Wildman–Crippen MR) is 88.2 cm³/mol. The standard InChI is InChI=1S/C18H29NO/c1-17(2,3)13-18(4,5)15-9-10-16(20-6)14(12-15)8-7-11-19/h7-10,12H,11,13,19H2,1-6H3/b8-7+. The largest absolute Gasteiger partial charge is 0.496 e. The number of rotatable bonds is 5. The minimum absolute atomic E-state index is 0.135. The summed E-state index contributed by atoms with van der Waals surface area (Å²) in [5.74, 6) is 0.894. The summed E-state index contributed by atoms with van der Waals surface area (Å²) in [6.07, 6.45) is 5.13. The van der Waals surface area contributed by atoms with Crippen LogP contribution in [0.2, 0.25) is 0 Å². The predicted octanol–water partition coefficient (Wildman–Crippen LogP) is 4.38. The van der Waals surface area contributed by atoms with E-state index in [-0.39, 0.29) is 5.41 Å². The molecule has 0 aliphatic carbocycles. The summed E-state index contributed by atoms with van der Waals surface area (Å²) < 4.78 is 5.42. The van der Waals surface area contributed by atoms with Gasteiger partial charge in [0.25, 0.3) is 0 Å². The van der Waals surface area contributed by atoms with Crippen LogP contribution in [0.15, 0.2) is 24.3 Å². The first-order valence-corrected chi connectivity index (χ1v) is 7.25. The second kappa shape index (κ2) is 6.45. The van der Waals surface area contributed by atoms with Gasteiger partial charge in [-0.15, -0.1) is 0 Å². The minimum atomic E-state index is 0.135. The monoisotopic (exact) mass is 275 g/mol. The fourth-order valence-electron chi connectivity index (χ4n) is 2.91. The summed E-state index contributed by atoms with van der Waals surface area (Å²) in [5.41, 5.74) is 8.42. The zero-order valence-corrected chi connectivity index (χ0v) is 13.8. The lowest BCUT2D eigenvalue weighted by Gasteiger charge is -2.33. The highest BCUT2D eigenvalue weighted by atomic mass is 16.5. The van der Waals surface area contributed by atoms with Gasteiger partial charge in [-0.1, -0.05) is 52.8 Å². The first kappa shape index (κ1) is 16.8. The highest BCUT2D eigenvalue weighted by Gasteiger charge is 2.27. The Kier molecular flexibility index (Phi) is 5.41. The molecule has 1 aromatic rings. The van der Waals surface area contributed by atoms with Crippen LogP contribution in [0.4, 0.5) is 0 Å². The van der Waals surface area contributed by atoms with Gasteiger partial charge < -0.3 is 10.5 Å². The SMILES string of the molecule is COc1ccc(C(C)(C)CC(C)(C)C)cc1/C=C/CN. The zero-order chi connectivity index (χ0) is 15.4. The quantitative estimate of drug-likeness (QED) is 0.865. The molecule has 0 radical (unpaired) electrons. The van der Waals surface area contributed by atoms with Crippen molar-refractivity contribution in [2.45, 2.75) is 46.5 Å². The second-order valence-electron chi connectivity index (χ2n) is 7.22. The van der Waals surface area contributed by atoms with E-state index >= 15 is 0 Å². The molecule has 0 aliphatic heterocycles. The molecule has 0 saturated carbocycles. The summed E-state index contributed by atoms with van der Waals surface area (Å²) in [5, 5.41) is 0. The molecule has 0 atom stereocenters. The first-order chi connectivity index (χ1) is 9.19. The number of benzene rings is 1. The molecule has 0 amide bonds. The molecule has 0 bridgehead atoms. The average molecular weight is 275 g/mol. The van der Waals surface area contributed by atoms with Crippen molar-refractivity contribution in [1.29, 1.82) is 0 Å². The molecule has 112 valence electrons. The van der Waals surface area contributed by atoms with Gasteiger partial charge in [0.2, 0.25) is 0 Å². The third-order valence-electron chi connectivity index (χ3n) is 3.42. The van der Waals surface area contributed by atoms with Crippen molar-refractivity contribution in [1.82, 2.24) is 0 Å². The maximum atomic E-state index is 5.55. The van der Waals surface area contributed by atoms with Gasteiger partial charge in [-0.2, -0.15) is 0 Å². The van der Waals surface area contributed by atoms with Gasteiger partial charge in [0.05, 0.1) is 7.11 Å². The molecule has 2 heteroatoms. The van der Waals surface area contributed by atoms with E-state index in [9.17, 15) is 0 Å². The number of hydrogen-bond acceptors (Lipinski definition) is 2. The van der Waals surface area contributed by atoms with Gasteiger partial charge in [-0.05, 0) is 34.9 Å². The molecule has 0 unspecified atom stereocenters. The summed E-state index contributed by atoms with van der Waals surface area (Å²) >= 11 is 0. The smallest absolute Gasteiger partial charge is 0.126 e. The van der Waals surface area contributed by atoms with E-state index in [0.717, 1.165) is 17.7 Å². The van der Waals surface area contributed by atoms with Crippen LogP contribution in [0.5, 0.6) is 5.75 Å². The number of nitrogens with two attached hydrogens (primary N) is 1. The van der Waals surface area contributed by atoms with E-state index in [1.807, 2.05) is 12.2 Å². The lowest BCUT2D eigenvalue weighted by molar-refractivity contribution is 0.284. The molecular formula is C18H29NO. The second-order valence-corrected chi connectivity index (χ2v) is 7.22. The average Bonchev–Trinajstić information content (AvgIpc) is 2.33. The minimum Gasteiger partial charge on any atom is -0.496 e. The van der Waals surface area contributed by atoms with Gasteiger partial charge in [-0.25, -0.2) is 0 Å². The molecule has 0 spiro atoms. The van der Waals surface area contributed by atoms with E-state index in [1.54, 1.807) is 7.11 Å². The van der Waals surface area contributed by atoms with Crippen LogP contribution in [0.1, 0.15) is 52.2 Å². The Morgan fingerprint density at radius 2 is 1.80 bits per heavy atom. The summed E-state index contributed by atoms with van der Waals surface area (Å²) in [6, 6.07) is 6.44. The fourth-order valence-corrected chi connectivity index (χ4v) is 2.91. The number of ether oxygens (including phenoxy) is 1. The van der Waals surface area contributed by atoms with Crippen LogP contribution in [0.3, 0.4) is 0 Å². The molecule has 2 N–H and O–H groups in total. The Hall–Kier alpha value is -1.28. The van der Waals surface area contributed by atoms with E-state index in [1.165, 1.54) is 5.56 Å². The van der Waals surface area contributed by atoms with Crippen LogP contribution in [0, 0.1) is 5.41 Å². The number of methoxy groups -OCH3 is 1. The molecule has 0 aliphatic rings. The highest BCUT2D eigenvalue weighted by Crippen LogP contribution is 2.37. The van der Waals surface area contributed by atoms with Crippen molar-refractivity contribution in [2.75, 3.05) is 13.7 Å². The summed E-state index contributed by atoms with van der Waals surface area (Å²) in [4.78, 5) is 0. The van der Waals surface area contributed by atoms with Crippen molar-refractivity contribution < 1.29 is 4.74 Å². The molecular weight excluding hydrogens is 246 g/mol. The van der Waals surface area contributed by atoms with Crippen LogP contribution in [-0.2, 0) is 5.41 Å². The van der Waals surface area contributed by atoms with E-state index in [4.69, 9.17) is 10.5 Å². The van der Waals surface area contributed by atoms with Crippen LogP contribution >= 0.6 is 0 Å². The lowest BCUT2D eigenvalue weighted by Crippen LogP contribution is -2.24. The van der Waals surface area contributed by atoms with Crippen LogP contribution in [0.25, 0.3) is 6.08 Å². The highest BCUT2D eigenvalue weighted by molar-refractivity contribution is 5.59. The molecule has 1 rings (SSSR count). The Bertz CT molecular complexity index is 467. The zero-order valence-electron chi connectivity index (χ0n) is 13.8. The van der Waals surface area contributed by atoms with E-state index < -0.39 is 0 Å². The molecule has 2 nitrogen and oxygen atoms in total. The van der Waals surface area contributed by atoms with Gasteiger partial charge in [0, 0.05) is 12.1 Å². The molecule has 0 heterocycles. The first-order valence-electron chi connectivity index (χ1n) is 7.25. The fraction of sp³-hybridized carbons (Fsp3) is 0.556. The summed E-state index contributed by atoms with van der Waals surface area (Å²) in [7, 11) is 1.70. The Morgan fingerprint density at radius 3 is 2.30 bits per heavy atom. The third kappa shape index (κ3) is 4.68. The van der Waals surface area contributed by atoms with Crippen molar-refractivity contribution in [3.8, 4) is 5.75 Å². The van der Waals surface area contributed by atoms with Gasteiger partial charge >= 0.3 is 0 Å². The van der Waals surface area contributed by atoms with E-state index in [0.29, 0.717) is 12.0 Å². The molecule has 1 aromatic carbocycles. The maximum absolute atomic E-state index is 5.55. The van der Waals surface area contributed by atoms with Crippen molar-refractivity contribution in [3.63, 3.8) is 0 Å². The van der Waals surface area contributed by atoms with Gasteiger partial charge in [0.15, 0.2) is 0 Å². The molecule has 0 aromatic heterocycles. The lowest BCUT2D eigenvalue weighted by atomic mass is 9.72. The summed E-state index contributed by atoms with van der Waals surface area (Å²) in [6.45, 7) is 12.0. The topological polar surface area (TPSA) is 35.2 Å². The Labute approximate surface area is 124 Å². The molecule has 20 heavy (non-hydrogen) atoms. The van der Waals surface area contributed by atoms with Gasteiger partial charge in [-0.3, -0.25) is 0 Å². The van der Waals surface area contributed by atoms with Crippen LogP contribution in [-0.4, -0.2) is 13.7 Å². The maximum Gasteiger partial charge on any atom is 0.126 e. The Balaban J connectivity index is 3.16. The third-order valence-corrected chi connectivity index (χ3v) is 3.42. The van der Waals surface area contributed by atoms with Crippen molar-refractivity contribution in [2.24, 2.45) is 11.1 Å². The number of hydrogen-bond donors (Lipinski definition) is 1. The van der Waals surface area contributed by atoms with Crippen molar-refractivity contribution >= 4 is 6.08 Å².